The van der Waals surface area contributed by atoms with E-state index in [2.05, 4.69) is 5.32 Å². The van der Waals surface area contributed by atoms with Crippen LogP contribution in [0.15, 0.2) is 24.3 Å². The Morgan fingerprint density at radius 2 is 1.81 bits per heavy atom. The SMILES string of the molecule is CC1(C(=O)O)CCN(C(=O)Nc2cccc(C(=O)N3CCCCC3)c2)C1. The highest BCUT2D eigenvalue weighted by Crippen LogP contribution is 2.30. The first kappa shape index (κ1) is 18.2. The molecule has 0 saturated carbocycles. The van der Waals surface area contributed by atoms with Crippen LogP contribution >= 0.6 is 0 Å². The highest BCUT2D eigenvalue weighted by molar-refractivity contribution is 5.97. The van der Waals surface area contributed by atoms with Crippen LogP contribution in [0.4, 0.5) is 10.5 Å². The summed E-state index contributed by atoms with van der Waals surface area (Å²) in [6.07, 6.45) is 3.65. The van der Waals surface area contributed by atoms with Crippen molar-refractivity contribution in [2.24, 2.45) is 5.41 Å². The maximum Gasteiger partial charge on any atom is 0.321 e. The van der Waals surface area contributed by atoms with Gasteiger partial charge in [0.25, 0.3) is 5.91 Å². The Morgan fingerprint density at radius 1 is 1.08 bits per heavy atom. The van der Waals surface area contributed by atoms with Crippen LogP contribution in [0.2, 0.25) is 0 Å². The number of aliphatic carboxylic acids is 1. The van der Waals surface area contributed by atoms with E-state index in [1.54, 1.807) is 31.2 Å². The molecule has 0 radical (unpaired) electrons. The molecule has 2 aliphatic rings. The van der Waals surface area contributed by atoms with Crippen LogP contribution in [-0.2, 0) is 4.79 Å². The molecule has 1 unspecified atom stereocenters. The lowest BCUT2D eigenvalue weighted by Crippen LogP contribution is -2.37. The first-order chi connectivity index (χ1) is 12.4. The highest BCUT2D eigenvalue weighted by Gasteiger charge is 2.42. The van der Waals surface area contributed by atoms with E-state index in [1.807, 2.05) is 4.90 Å². The Bertz CT molecular complexity index is 714. The topological polar surface area (TPSA) is 90.0 Å². The molecule has 2 aliphatic heterocycles. The summed E-state index contributed by atoms with van der Waals surface area (Å²) in [6.45, 7) is 3.79. The number of carbonyl (C=O) groups is 3. The van der Waals surface area contributed by atoms with E-state index >= 15 is 0 Å². The average Bonchev–Trinajstić information content (AvgIpc) is 3.06. The molecule has 0 aromatic heterocycles. The van der Waals surface area contributed by atoms with Gasteiger partial charge in [0.1, 0.15) is 0 Å². The van der Waals surface area contributed by atoms with Crippen LogP contribution in [0.25, 0.3) is 0 Å². The summed E-state index contributed by atoms with van der Waals surface area (Å²) in [5, 5.41) is 12.1. The fourth-order valence-electron chi connectivity index (χ4n) is 3.52. The van der Waals surface area contributed by atoms with Crippen molar-refractivity contribution < 1.29 is 19.5 Å². The van der Waals surface area contributed by atoms with Crippen LogP contribution in [0.5, 0.6) is 0 Å². The quantitative estimate of drug-likeness (QED) is 0.868. The molecule has 2 heterocycles. The second-order valence-corrected chi connectivity index (χ2v) is 7.40. The molecule has 3 rings (SSSR count). The van der Waals surface area contributed by atoms with Crippen LogP contribution in [0, 0.1) is 5.41 Å². The fourth-order valence-corrected chi connectivity index (χ4v) is 3.52. The molecular weight excluding hydrogens is 334 g/mol. The van der Waals surface area contributed by atoms with Crippen molar-refractivity contribution in [1.29, 1.82) is 0 Å². The lowest BCUT2D eigenvalue weighted by atomic mass is 9.90. The third kappa shape index (κ3) is 3.81. The molecule has 0 bridgehead atoms. The third-order valence-electron chi connectivity index (χ3n) is 5.28. The summed E-state index contributed by atoms with van der Waals surface area (Å²) in [5.41, 5.74) is 0.201. The maximum absolute atomic E-state index is 12.6. The van der Waals surface area contributed by atoms with Gasteiger partial charge >= 0.3 is 12.0 Å². The van der Waals surface area contributed by atoms with Gasteiger partial charge in [0.05, 0.1) is 5.41 Å². The number of rotatable bonds is 3. The van der Waals surface area contributed by atoms with Crippen molar-refractivity contribution in [3.05, 3.63) is 29.8 Å². The smallest absolute Gasteiger partial charge is 0.321 e. The monoisotopic (exact) mass is 359 g/mol. The minimum atomic E-state index is -0.899. The largest absolute Gasteiger partial charge is 0.481 e. The molecule has 7 heteroatoms. The van der Waals surface area contributed by atoms with E-state index < -0.39 is 11.4 Å². The number of nitrogens with zero attached hydrogens (tertiary/aromatic N) is 2. The van der Waals surface area contributed by atoms with Crippen LogP contribution in [0.1, 0.15) is 43.0 Å². The van der Waals surface area contributed by atoms with Gasteiger partial charge in [-0.15, -0.1) is 0 Å². The Kier molecular flexibility index (Phi) is 5.15. The number of benzene rings is 1. The number of carbonyl (C=O) groups excluding carboxylic acids is 2. The van der Waals surface area contributed by atoms with Crippen LogP contribution < -0.4 is 5.32 Å². The minimum absolute atomic E-state index is 0.0135. The summed E-state index contributed by atoms with van der Waals surface area (Å²) in [5.74, 6) is -0.901. The molecule has 26 heavy (non-hydrogen) atoms. The Balaban J connectivity index is 1.64. The van der Waals surface area contributed by atoms with Gasteiger partial charge in [-0.25, -0.2) is 4.79 Å². The summed E-state index contributed by atoms with van der Waals surface area (Å²) in [7, 11) is 0. The first-order valence-corrected chi connectivity index (χ1v) is 9.08. The first-order valence-electron chi connectivity index (χ1n) is 9.08. The van der Waals surface area contributed by atoms with Crippen molar-refractivity contribution in [2.75, 3.05) is 31.5 Å². The van der Waals surface area contributed by atoms with E-state index in [9.17, 15) is 19.5 Å². The van der Waals surface area contributed by atoms with Gasteiger partial charge in [-0.3, -0.25) is 9.59 Å². The molecule has 3 amide bonds. The van der Waals surface area contributed by atoms with Crippen molar-refractivity contribution in [3.8, 4) is 0 Å². The summed E-state index contributed by atoms with van der Waals surface area (Å²) < 4.78 is 0. The van der Waals surface area contributed by atoms with Crippen LogP contribution in [-0.4, -0.2) is 59.0 Å². The Hall–Kier alpha value is -2.57. The normalized spacial score (nSPS) is 23.0. The lowest BCUT2D eigenvalue weighted by molar-refractivity contribution is -0.146. The third-order valence-corrected chi connectivity index (χ3v) is 5.28. The number of urea groups is 1. The van der Waals surface area contributed by atoms with Gasteiger partial charge in [-0.2, -0.15) is 0 Å². The van der Waals surface area contributed by atoms with Gasteiger partial charge in [-0.05, 0) is 50.8 Å². The Morgan fingerprint density at radius 3 is 2.46 bits per heavy atom. The molecule has 0 spiro atoms. The van der Waals surface area contributed by atoms with E-state index in [-0.39, 0.29) is 18.5 Å². The van der Waals surface area contributed by atoms with E-state index in [0.29, 0.717) is 24.2 Å². The highest BCUT2D eigenvalue weighted by atomic mass is 16.4. The predicted octanol–water partition coefficient (Wildman–Crippen LogP) is 2.64. The van der Waals surface area contributed by atoms with Crippen molar-refractivity contribution >= 4 is 23.6 Å². The number of nitrogens with one attached hydrogen (secondary N) is 1. The summed E-state index contributed by atoms with van der Waals surface area (Å²) in [6, 6.07) is 6.58. The predicted molar refractivity (Wildman–Crippen MR) is 97.1 cm³/mol. The number of hydrogen-bond acceptors (Lipinski definition) is 3. The minimum Gasteiger partial charge on any atom is -0.481 e. The molecule has 1 atom stereocenters. The second kappa shape index (κ2) is 7.35. The molecule has 1 aromatic carbocycles. The summed E-state index contributed by atoms with van der Waals surface area (Å²) >= 11 is 0. The van der Waals surface area contributed by atoms with Gasteiger partial charge in [0.2, 0.25) is 0 Å². The Labute approximate surface area is 153 Å². The molecule has 2 saturated heterocycles. The van der Waals surface area contributed by atoms with Gasteiger partial charge in [0.15, 0.2) is 0 Å². The number of hydrogen-bond donors (Lipinski definition) is 2. The molecule has 1 aromatic rings. The molecule has 140 valence electrons. The van der Waals surface area contributed by atoms with Gasteiger partial charge < -0.3 is 20.2 Å². The van der Waals surface area contributed by atoms with Gasteiger partial charge in [-0.1, -0.05) is 6.07 Å². The number of piperidine rings is 1. The van der Waals surface area contributed by atoms with E-state index in [1.165, 1.54) is 4.90 Å². The number of anilines is 1. The fraction of sp³-hybridized carbons (Fsp3) is 0.526. The number of carboxylic acid groups (broad SMARTS) is 1. The molecule has 0 aliphatic carbocycles. The standard InChI is InChI=1S/C19H25N3O4/c1-19(17(24)25)8-11-22(13-19)18(26)20-15-7-5-6-14(12-15)16(23)21-9-3-2-4-10-21/h5-7,12H,2-4,8-11,13H2,1H3,(H,20,26)(H,24,25). The maximum atomic E-state index is 12.6. The van der Waals surface area contributed by atoms with Gasteiger partial charge in [0, 0.05) is 37.4 Å². The average molecular weight is 359 g/mol. The van der Waals surface area contributed by atoms with Crippen LogP contribution in [0.3, 0.4) is 0 Å². The second-order valence-electron chi connectivity index (χ2n) is 7.40. The van der Waals surface area contributed by atoms with Crippen molar-refractivity contribution in [2.45, 2.75) is 32.6 Å². The number of amides is 3. The molecule has 2 N–H and O–H groups in total. The zero-order valence-corrected chi connectivity index (χ0v) is 15.0. The molecule has 2 fully saturated rings. The van der Waals surface area contributed by atoms with E-state index in [0.717, 1.165) is 32.4 Å². The number of carboxylic acids is 1. The van der Waals surface area contributed by atoms with Crippen molar-refractivity contribution in [1.82, 2.24) is 9.80 Å². The lowest BCUT2D eigenvalue weighted by Gasteiger charge is -2.27. The summed E-state index contributed by atoms with van der Waals surface area (Å²) in [4.78, 5) is 39.7. The molecular formula is C19H25N3O4. The van der Waals surface area contributed by atoms with E-state index in [4.69, 9.17) is 0 Å². The van der Waals surface area contributed by atoms with Crippen molar-refractivity contribution in [3.63, 3.8) is 0 Å². The molecule has 7 nitrogen and oxygen atoms in total. The zero-order valence-electron chi connectivity index (χ0n) is 15.0. The zero-order chi connectivity index (χ0) is 18.7. The number of likely N-dealkylation sites (tertiary alicyclic amines) is 2.